The van der Waals surface area contributed by atoms with Crippen LogP contribution in [0.15, 0.2) is 0 Å². The first-order chi connectivity index (χ1) is 12.0. The van der Waals surface area contributed by atoms with Crippen LogP contribution in [0.1, 0.15) is 41.0 Å². The Balaban J connectivity index is 6.02. The van der Waals surface area contributed by atoms with Gasteiger partial charge in [-0.25, -0.2) is 0 Å². The van der Waals surface area contributed by atoms with E-state index in [2.05, 4.69) is 5.92 Å². The maximum atomic E-state index is 12.3. The zero-order valence-electron chi connectivity index (χ0n) is 15.3. The van der Waals surface area contributed by atoms with Crippen LogP contribution >= 0.6 is 0 Å². The Labute approximate surface area is 151 Å². The Morgan fingerprint density at radius 3 is 1.58 bits per heavy atom. The van der Waals surface area contributed by atoms with Gasteiger partial charge in [-0.05, 0) is 6.92 Å². The molecule has 0 aromatic carbocycles. The van der Waals surface area contributed by atoms with Crippen LogP contribution in [0.2, 0.25) is 0 Å². The molecule has 26 heavy (non-hydrogen) atoms. The monoisotopic (exact) mass is 370 g/mol. The van der Waals surface area contributed by atoms with Crippen molar-refractivity contribution >= 4 is 29.7 Å². The summed E-state index contributed by atoms with van der Waals surface area (Å²) in [6, 6.07) is 0. The van der Waals surface area contributed by atoms with Gasteiger partial charge in [-0.1, -0.05) is 5.92 Å². The van der Waals surface area contributed by atoms with Gasteiger partial charge in [-0.2, -0.15) is 0 Å². The molecule has 0 amide bonds. The molecule has 0 aliphatic carbocycles. The van der Waals surface area contributed by atoms with Crippen LogP contribution < -0.4 is 0 Å². The molecule has 0 spiro atoms. The fourth-order valence-corrected chi connectivity index (χ4v) is 2.14. The number of esters is 4. The van der Waals surface area contributed by atoms with Crippen molar-refractivity contribution in [2.75, 3.05) is 0 Å². The molecule has 9 heteroatoms. The van der Waals surface area contributed by atoms with Crippen LogP contribution in [0, 0.1) is 12.3 Å². The van der Waals surface area contributed by atoms with Gasteiger partial charge in [0.25, 0.3) is 0 Å². The van der Waals surface area contributed by atoms with Crippen LogP contribution in [-0.4, -0.2) is 54.1 Å². The minimum absolute atomic E-state index is 0.426. The van der Waals surface area contributed by atoms with E-state index in [1.165, 1.54) is 6.92 Å². The molecule has 0 aromatic heterocycles. The number of hydrogen-bond acceptors (Lipinski definition) is 9. The number of ether oxygens (including phenoxy) is 4. The molecule has 0 aromatic rings. The predicted octanol–water partition coefficient (Wildman–Crippen LogP) is 0.326. The molecular weight excluding hydrogens is 348 g/mol. The van der Waals surface area contributed by atoms with Crippen molar-refractivity contribution < 1.29 is 42.9 Å². The molecule has 9 nitrogen and oxygen atoms in total. The molecule has 4 atom stereocenters. The minimum atomic E-state index is -1.64. The van der Waals surface area contributed by atoms with Gasteiger partial charge in [-0.15, -0.1) is 6.42 Å². The first-order valence-corrected chi connectivity index (χ1v) is 7.64. The van der Waals surface area contributed by atoms with E-state index < -0.39 is 60.5 Å². The first kappa shape index (κ1) is 23.1. The summed E-state index contributed by atoms with van der Waals surface area (Å²) in [7, 11) is 0. The van der Waals surface area contributed by atoms with E-state index >= 15 is 0 Å². The first-order valence-electron chi connectivity index (χ1n) is 7.64. The lowest BCUT2D eigenvalue weighted by Gasteiger charge is -2.33. The molecular formula is C17H22O9. The summed E-state index contributed by atoms with van der Waals surface area (Å²) in [6.07, 6.45) is -1.05. The Morgan fingerprint density at radius 1 is 0.769 bits per heavy atom. The largest absolute Gasteiger partial charge is 0.459 e. The van der Waals surface area contributed by atoms with Gasteiger partial charge in [0.1, 0.15) is 6.10 Å². The van der Waals surface area contributed by atoms with Crippen molar-refractivity contribution in [3.63, 3.8) is 0 Å². The number of Topliss-reactive ketones (excluding diaryl/α,β-unsaturated/α-hetero) is 1. The van der Waals surface area contributed by atoms with Crippen LogP contribution in [0.5, 0.6) is 0 Å². The Hall–Kier alpha value is -2.89. The Bertz CT molecular complexity index is 602. The molecule has 0 N–H and O–H groups in total. The zero-order chi connectivity index (χ0) is 20.4. The SMILES string of the molecule is C#CCC(=O)C(OC(C)=O)C(OC(C)=O)C(OC(C)=O)C(C)OC(C)=O. The van der Waals surface area contributed by atoms with Crippen molar-refractivity contribution in [3.8, 4) is 12.3 Å². The molecule has 0 aliphatic rings. The fraction of sp³-hybridized carbons (Fsp3) is 0.588. The quantitative estimate of drug-likeness (QED) is 0.321. The van der Waals surface area contributed by atoms with Crippen LogP contribution in [0.25, 0.3) is 0 Å². The Kier molecular flexibility index (Phi) is 9.66. The number of rotatable bonds is 9. The predicted molar refractivity (Wildman–Crippen MR) is 86.3 cm³/mol. The lowest BCUT2D eigenvalue weighted by molar-refractivity contribution is -0.197. The van der Waals surface area contributed by atoms with E-state index in [9.17, 15) is 24.0 Å². The van der Waals surface area contributed by atoms with Crippen molar-refractivity contribution in [1.82, 2.24) is 0 Å². The van der Waals surface area contributed by atoms with Gasteiger partial charge in [0, 0.05) is 27.7 Å². The van der Waals surface area contributed by atoms with E-state index in [-0.39, 0.29) is 0 Å². The molecule has 4 unspecified atom stereocenters. The van der Waals surface area contributed by atoms with Gasteiger partial charge >= 0.3 is 23.9 Å². The topological polar surface area (TPSA) is 122 Å². The maximum absolute atomic E-state index is 12.3. The Morgan fingerprint density at radius 2 is 1.19 bits per heavy atom. The fourth-order valence-electron chi connectivity index (χ4n) is 2.14. The summed E-state index contributed by atoms with van der Waals surface area (Å²) in [4.78, 5) is 57.8. The molecule has 0 saturated carbocycles. The van der Waals surface area contributed by atoms with Crippen molar-refractivity contribution in [2.45, 2.75) is 65.5 Å². The summed E-state index contributed by atoms with van der Waals surface area (Å²) in [5.41, 5.74) is 0. The van der Waals surface area contributed by atoms with E-state index in [1.807, 2.05) is 0 Å². The number of terminal acetylenes is 1. The highest BCUT2D eigenvalue weighted by atomic mass is 16.6. The molecule has 0 rings (SSSR count). The van der Waals surface area contributed by atoms with Gasteiger partial charge in [0.05, 0.1) is 6.42 Å². The van der Waals surface area contributed by atoms with E-state index in [4.69, 9.17) is 25.4 Å². The second-order valence-electron chi connectivity index (χ2n) is 5.34. The van der Waals surface area contributed by atoms with Gasteiger partial charge in [0.2, 0.25) is 6.10 Å². The lowest BCUT2D eigenvalue weighted by atomic mass is 9.98. The van der Waals surface area contributed by atoms with Gasteiger partial charge in [-0.3, -0.25) is 24.0 Å². The van der Waals surface area contributed by atoms with Crippen molar-refractivity contribution in [1.29, 1.82) is 0 Å². The molecule has 144 valence electrons. The maximum Gasteiger partial charge on any atom is 0.303 e. The molecule has 0 fully saturated rings. The third-order valence-corrected chi connectivity index (χ3v) is 2.93. The number of ketones is 1. The number of carbonyl (C=O) groups excluding carboxylic acids is 5. The average Bonchev–Trinajstić information content (AvgIpc) is 2.47. The summed E-state index contributed by atoms with van der Waals surface area (Å²) >= 11 is 0. The van der Waals surface area contributed by atoms with Crippen LogP contribution in [-0.2, 0) is 42.9 Å². The lowest BCUT2D eigenvalue weighted by Crippen LogP contribution is -2.53. The highest BCUT2D eigenvalue weighted by Gasteiger charge is 2.44. The second-order valence-corrected chi connectivity index (χ2v) is 5.34. The summed E-state index contributed by atoms with van der Waals surface area (Å²) < 4.78 is 20.1. The summed E-state index contributed by atoms with van der Waals surface area (Å²) in [5, 5.41) is 0. The summed E-state index contributed by atoms with van der Waals surface area (Å²) in [5.74, 6) is -1.83. The molecule has 0 aliphatic heterocycles. The second kappa shape index (κ2) is 10.9. The van der Waals surface area contributed by atoms with Gasteiger partial charge < -0.3 is 18.9 Å². The molecule has 0 bridgehead atoms. The standard InChI is InChI=1S/C17H22O9/c1-7-8-14(22)16(25-12(5)20)17(26-13(6)21)15(24-11(4)19)9(2)23-10(3)18/h1,9,15-17H,8H2,2-6H3. The smallest absolute Gasteiger partial charge is 0.303 e. The molecule has 0 radical (unpaired) electrons. The van der Waals surface area contributed by atoms with Crippen molar-refractivity contribution in [2.24, 2.45) is 0 Å². The third-order valence-electron chi connectivity index (χ3n) is 2.93. The van der Waals surface area contributed by atoms with Crippen molar-refractivity contribution in [3.05, 3.63) is 0 Å². The normalized spacial score (nSPS) is 14.6. The third kappa shape index (κ3) is 8.28. The number of carbonyl (C=O) groups is 5. The highest BCUT2D eigenvalue weighted by molar-refractivity contribution is 5.88. The van der Waals surface area contributed by atoms with E-state index in [0.717, 1.165) is 27.7 Å². The highest BCUT2D eigenvalue weighted by Crippen LogP contribution is 2.20. The van der Waals surface area contributed by atoms with Crippen LogP contribution in [0.4, 0.5) is 0 Å². The van der Waals surface area contributed by atoms with Gasteiger partial charge in [0.15, 0.2) is 18.0 Å². The average molecular weight is 370 g/mol. The van der Waals surface area contributed by atoms with E-state index in [1.54, 1.807) is 0 Å². The number of hydrogen-bond donors (Lipinski definition) is 0. The molecule has 0 heterocycles. The van der Waals surface area contributed by atoms with E-state index in [0.29, 0.717) is 0 Å². The van der Waals surface area contributed by atoms with Crippen LogP contribution in [0.3, 0.4) is 0 Å². The zero-order valence-corrected chi connectivity index (χ0v) is 15.3. The summed E-state index contributed by atoms with van der Waals surface area (Å²) in [6.45, 7) is 5.64. The molecule has 0 saturated heterocycles. The minimum Gasteiger partial charge on any atom is -0.459 e.